The summed E-state index contributed by atoms with van der Waals surface area (Å²) in [6.45, 7) is 3.53. The van der Waals surface area contributed by atoms with Gasteiger partial charge in [0.2, 0.25) is 5.13 Å². The molecule has 11 heavy (non-hydrogen) atoms. The second-order valence-corrected chi connectivity index (χ2v) is 3.19. The van der Waals surface area contributed by atoms with E-state index in [0.717, 1.165) is 23.1 Å². The van der Waals surface area contributed by atoms with E-state index < -0.39 is 0 Å². The van der Waals surface area contributed by atoms with Crippen molar-refractivity contribution >= 4 is 16.5 Å². The van der Waals surface area contributed by atoms with Crippen LogP contribution in [-0.4, -0.2) is 16.7 Å². The smallest absolute Gasteiger partial charge is 0.205 e. The van der Waals surface area contributed by atoms with E-state index in [9.17, 15) is 0 Å². The van der Waals surface area contributed by atoms with Crippen molar-refractivity contribution in [2.75, 3.05) is 11.9 Å². The summed E-state index contributed by atoms with van der Waals surface area (Å²) in [5.74, 6) is 0. The Kier molecular flexibility index (Phi) is 3.25. The third-order valence-corrected chi connectivity index (χ3v) is 2.07. The molecule has 3 N–H and O–H groups in total. The Hall–Kier alpha value is -0.680. The zero-order chi connectivity index (χ0) is 8.10. The van der Waals surface area contributed by atoms with Gasteiger partial charge in [0, 0.05) is 13.1 Å². The molecule has 4 nitrogen and oxygen atoms in total. The van der Waals surface area contributed by atoms with Crippen molar-refractivity contribution in [3.63, 3.8) is 0 Å². The van der Waals surface area contributed by atoms with Gasteiger partial charge in [-0.3, -0.25) is 0 Å². The number of anilines is 1. The van der Waals surface area contributed by atoms with Crippen molar-refractivity contribution < 1.29 is 0 Å². The van der Waals surface area contributed by atoms with Crippen LogP contribution < -0.4 is 11.1 Å². The lowest BCUT2D eigenvalue weighted by atomic mass is 10.5. The zero-order valence-corrected chi connectivity index (χ0v) is 7.32. The van der Waals surface area contributed by atoms with Crippen LogP contribution in [0.5, 0.6) is 0 Å². The first-order valence-electron chi connectivity index (χ1n) is 3.63. The molecule has 1 rings (SSSR count). The van der Waals surface area contributed by atoms with Crippen molar-refractivity contribution in [2.24, 2.45) is 5.73 Å². The fraction of sp³-hybridized carbons (Fsp3) is 0.667. The molecule has 0 aliphatic rings. The molecule has 0 unspecified atom stereocenters. The number of aromatic nitrogens is 2. The number of hydrogen-bond acceptors (Lipinski definition) is 5. The van der Waals surface area contributed by atoms with Gasteiger partial charge in [0.15, 0.2) is 0 Å². The highest BCUT2D eigenvalue weighted by Gasteiger charge is 1.99. The van der Waals surface area contributed by atoms with E-state index in [4.69, 9.17) is 5.73 Å². The maximum atomic E-state index is 5.37. The fourth-order valence-corrected chi connectivity index (χ4v) is 1.28. The monoisotopic (exact) mass is 172 g/mol. The predicted octanol–water partition coefficient (Wildman–Crippen LogP) is 0.819. The van der Waals surface area contributed by atoms with Crippen LogP contribution in [0.15, 0.2) is 0 Å². The van der Waals surface area contributed by atoms with E-state index in [0.29, 0.717) is 6.54 Å². The molecule has 62 valence electrons. The Morgan fingerprint density at radius 2 is 2.36 bits per heavy atom. The van der Waals surface area contributed by atoms with E-state index in [1.54, 1.807) is 0 Å². The van der Waals surface area contributed by atoms with Gasteiger partial charge in [0.05, 0.1) is 0 Å². The average Bonchev–Trinajstić information content (AvgIpc) is 2.48. The third kappa shape index (κ3) is 2.44. The van der Waals surface area contributed by atoms with Crippen molar-refractivity contribution in [3.8, 4) is 0 Å². The van der Waals surface area contributed by atoms with Crippen LogP contribution in [0.25, 0.3) is 0 Å². The zero-order valence-electron chi connectivity index (χ0n) is 6.50. The van der Waals surface area contributed by atoms with E-state index >= 15 is 0 Å². The third-order valence-electron chi connectivity index (χ3n) is 1.17. The Morgan fingerprint density at radius 1 is 1.55 bits per heavy atom. The number of nitrogens with one attached hydrogen (secondary N) is 1. The number of nitrogens with two attached hydrogens (primary N) is 1. The fourth-order valence-electron chi connectivity index (χ4n) is 0.639. The number of rotatable bonds is 4. The molecule has 1 aromatic rings. The van der Waals surface area contributed by atoms with Gasteiger partial charge in [-0.05, 0) is 6.42 Å². The first-order chi connectivity index (χ1) is 5.36. The second-order valence-electron chi connectivity index (χ2n) is 2.13. The molecule has 0 aliphatic heterocycles. The average molecular weight is 172 g/mol. The highest BCUT2D eigenvalue weighted by molar-refractivity contribution is 7.15. The van der Waals surface area contributed by atoms with Gasteiger partial charge in [-0.25, -0.2) is 0 Å². The Labute approximate surface area is 69.8 Å². The quantitative estimate of drug-likeness (QED) is 0.705. The first-order valence-corrected chi connectivity index (χ1v) is 4.44. The SMILES string of the molecule is CCCNc1nnc(CN)s1. The molecule has 0 atom stereocenters. The van der Waals surface area contributed by atoms with Gasteiger partial charge in [0.25, 0.3) is 0 Å². The van der Waals surface area contributed by atoms with Crippen LogP contribution in [-0.2, 0) is 6.54 Å². The summed E-state index contributed by atoms with van der Waals surface area (Å²) in [6.07, 6.45) is 1.09. The topological polar surface area (TPSA) is 63.8 Å². The van der Waals surface area contributed by atoms with Gasteiger partial charge in [-0.2, -0.15) is 0 Å². The van der Waals surface area contributed by atoms with Crippen LogP contribution in [0.3, 0.4) is 0 Å². The molecule has 0 bridgehead atoms. The van der Waals surface area contributed by atoms with Crippen molar-refractivity contribution in [3.05, 3.63) is 5.01 Å². The summed E-state index contributed by atoms with van der Waals surface area (Å²) in [6, 6.07) is 0. The Morgan fingerprint density at radius 3 is 2.91 bits per heavy atom. The Bertz CT molecular complexity index is 210. The maximum Gasteiger partial charge on any atom is 0.205 e. The molecule has 5 heteroatoms. The molecule has 0 aromatic carbocycles. The second kappa shape index (κ2) is 4.25. The van der Waals surface area contributed by atoms with Crippen LogP contribution in [0.1, 0.15) is 18.4 Å². The van der Waals surface area contributed by atoms with Crippen molar-refractivity contribution in [1.29, 1.82) is 0 Å². The summed E-state index contributed by atoms with van der Waals surface area (Å²) in [7, 11) is 0. The lowest BCUT2D eigenvalue weighted by Gasteiger charge is -1.94. The highest BCUT2D eigenvalue weighted by atomic mass is 32.1. The molecule has 1 aromatic heterocycles. The van der Waals surface area contributed by atoms with E-state index in [-0.39, 0.29) is 0 Å². The largest absolute Gasteiger partial charge is 0.360 e. The van der Waals surface area contributed by atoms with Gasteiger partial charge in [-0.15, -0.1) is 10.2 Å². The molecular formula is C6H12N4S. The van der Waals surface area contributed by atoms with E-state index in [2.05, 4.69) is 22.4 Å². The summed E-state index contributed by atoms with van der Waals surface area (Å²) >= 11 is 1.51. The van der Waals surface area contributed by atoms with Crippen LogP contribution in [0.2, 0.25) is 0 Å². The van der Waals surface area contributed by atoms with Crippen molar-refractivity contribution in [1.82, 2.24) is 10.2 Å². The van der Waals surface area contributed by atoms with Gasteiger partial charge in [0.1, 0.15) is 5.01 Å². The van der Waals surface area contributed by atoms with Crippen LogP contribution in [0.4, 0.5) is 5.13 Å². The summed E-state index contributed by atoms with van der Waals surface area (Å²) in [5, 5.41) is 12.7. The lowest BCUT2D eigenvalue weighted by molar-refractivity contribution is 0.937. The standard InChI is InChI=1S/C6H12N4S/c1-2-3-8-6-10-9-5(4-7)11-6/h2-4,7H2,1H3,(H,8,10). The number of nitrogens with zero attached hydrogens (tertiary/aromatic N) is 2. The Balaban J connectivity index is 2.44. The lowest BCUT2D eigenvalue weighted by Crippen LogP contribution is -1.98. The minimum atomic E-state index is 0.478. The first kappa shape index (κ1) is 8.42. The molecule has 0 amide bonds. The van der Waals surface area contributed by atoms with E-state index in [1.165, 1.54) is 11.3 Å². The van der Waals surface area contributed by atoms with Gasteiger partial charge < -0.3 is 11.1 Å². The number of hydrogen-bond donors (Lipinski definition) is 2. The molecule has 0 radical (unpaired) electrons. The van der Waals surface area contributed by atoms with E-state index in [1.807, 2.05) is 0 Å². The molecule has 0 aliphatic carbocycles. The maximum absolute atomic E-state index is 5.37. The molecule has 0 spiro atoms. The molecule has 0 fully saturated rings. The van der Waals surface area contributed by atoms with Crippen molar-refractivity contribution in [2.45, 2.75) is 19.9 Å². The van der Waals surface area contributed by atoms with Crippen LogP contribution in [0, 0.1) is 0 Å². The molecular weight excluding hydrogens is 160 g/mol. The molecule has 1 heterocycles. The molecule has 0 saturated heterocycles. The van der Waals surface area contributed by atoms with Gasteiger partial charge >= 0.3 is 0 Å². The predicted molar refractivity (Wildman–Crippen MR) is 46.6 cm³/mol. The normalized spacial score (nSPS) is 10.0. The summed E-state index contributed by atoms with van der Waals surface area (Å²) in [4.78, 5) is 0. The summed E-state index contributed by atoms with van der Waals surface area (Å²) < 4.78 is 0. The van der Waals surface area contributed by atoms with Gasteiger partial charge in [-0.1, -0.05) is 18.3 Å². The van der Waals surface area contributed by atoms with Crippen LogP contribution >= 0.6 is 11.3 Å². The molecule has 0 saturated carbocycles. The minimum absolute atomic E-state index is 0.478. The minimum Gasteiger partial charge on any atom is -0.360 e. The summed E-state index contributed by atoms with van der Waals surface area (Å²) in [5.41, 5.74) is 5.37. The highest BCUT2D eigenvalue weighted by Crippen LogP contribution is 2.13.